The summed E-state index contributed by atoms with van der Waals surface area (Å²) in [5.41, 5.74) is 1.08. The van der Waals surface area contributed by atoms with Gasteiger partial charge in [0.05, 0.1) is 12.2 Å². The van der Waals surface area contributed by atoms with Gasteiger partial charge in [-0.25, -0.2) is 4.39 Å². The average molecular weight is 293 g/mol. The molecule has 1 unspecified atom stereocenters. The van der Waals surface area contributed by atoms with Gasteiger partial charge in [-0.05, 0) is 31.5 Å². The van der Waals surface area contributed by atoms with E-state index in [1.54, 1.807) is 13.0 Å². The van der Waals surface area contributed by atoms with E-state index in [4.69, 9.17) is 0 Å². The molecule has 0 saturated carbocycles. The molecule has 2 N–H and O–H groups in total. The summed E-state index contributed by atoms with van der Waals surface area (Å²) in [6.45, 7) is 5.02. The van der Waals surface area contributed by atoms with Gasteiger partial charge in [-0.3, -0.25) is 14.9 Å². The minimum absolute atomic E-state index is 0.0192. The van der Waals surface area contributed by atoms with Crippen LogP contribution in [0.4, 0.5) is 10.1 Å². The van der Waals surface area contributed by atoms with Crippen molar-refractivity contribution in [1.29, 1.82) is 0 Å². The summed E-state index contributed by atoms with van der Waals surface area (Å²) >= 11 is 0. The van der Waals surface area contributed by atoms with Gasteiger partial charge in [0.2, 0.25) is 11.8 Å². The molecule has 2 rings (SSSR count). The monoisotopic (exact) mass is 293 g/mol. The third-order valence-corrected chi connectivity index (χ3v) is 3.52. The van der Waals surface area contributed by atoms with Crippen molar-refractivity contribution in [3.8, 4) is 0 Å². The number of nitrogens with one attached hydrogen (secondary N) is 2. The van der Waals surface area contributed by atoms with Gasteiger partial charge in [0.25, 0.3) is 0 Å². The zero-order chi connectivity index (χ0) is 15.4. The van der Waals surface area contributed by atoms with E-state index in [0.717, 1.165) is 18.5 Å². The summed E-state index contributed by atoms with van der Waals surface area (Å²) in [6, 6.07) is 4.22. The van der Waals surface area contributed by atoms with Gasteiger partial charge in [0.15, 0.2) is 0 Å². The van der Waals surface area contributed by atoms with Gasteiger partial charge in [0.1, 0.15) is 11.9 Å². The van der Waals surface area contributed by atoms with Gasteiger partial charge in [0, 0.05) is 6.54 Å². The van der Waals surface area contributed by atoms with Crippen LogP contribution in [0, 0.1) is 5.82 Å². The fraction of sp³-hybridized carbons (Fsp3) is 0.467. The number of imide groups is 1. The van der Waals surface area contributed by atoms with Crippen molar-refractivity contribution in [2.75, 3.05) is 18.0 Å². The predicted molar refractivity (Wildman–Crippen MR) is 78.4 cm³/mol. The van der Waals surface area contributed by atoms with E-state index >= 15 is 0 Å². The molecule has 114 valence electrons. The molecule has 21 heavy (non-hydrogen) atoms. The van der Waals surface area contributed by atoms with Crippen LogP contribution in [-0.4, -0.2) is 30.9 Å². The molecule has 1 fully saturated rings. The third-order valence-electron chi connectivity index (χ3n) is 3.52. The molecule has 0 bridgehead atoms. The molecular formula is C15H20FN3O2. The van der Waals surface area contributed by atoms with Crippen LogP contribution in [0.2, 0.25) is 0 Å². The highest BCUT2D eigenvalue weighted by molar-refractivity contribution is 6.04. The molecule has 0 spiro atoms. The Morgan fingerprint density at radius 3 is 2.90 bits per heavy atom. The number of hydrogen-bond acceptors (Lipinski definition) is 4. The Morgan fingerprint density at radius 1 is 1.43 bits per heavy atom. The molecule has 1 aliphatic heterocycles. The van der Waals surface area contributed by atoms with E-state index in [9.17, 15) is 14.0 Å². The normalized spacial score (nSPS) is 18.8. The maximum Gasteiger partial charge on any atom is 0.249 e. The van der Waals surface area contributed by atoms with Crippen LogP contribution in [0.3, 0.4) is 0 Å². The van der Waals surface area contributed by atoms with E-state index in [0.29, 0.717) is 12.2 Å². The van der Waals surface area contributed by atoms with Gasteiger partial charge < -0.3 is 10.2 Å². The Kier molecular flexibility index (Phi) is 4.90. The van der Waals surface area contributed by atoms with Gasteiger partial charge in [-0.1, -0.05) is 19.1 Å². The summed E-state index contributed by atoms with van der Waals surface area (Å²) in [6.07, 6.45) is 0.978. The van der Waals surface area contributed by atoms with Crippen LogP contribution in [0.1, 0.15) is 25.8 Å². The maximum atomic E-state index is 14.3. The molecule has 5 nitrogen and oxygen atoms in total. The van der Waals surface area contributed by atoms with E-state index < -0.39 is 23.7 Å². The molecule has 6 heteroatoms. The van der Waals surface area contributed by atoms with E-state index in [-0.39, 0.29) is 6.54 Å². The number of anilines is 1. The zero-order valence-corrected chi connectivity index (χ0v) is 12.3. The molecular weight excluding hydrogens is 273 g/mol. The number of piperazine rings is 1. The molecule has 0 aliphatic carbocycles. The highest BCUT2D eigenvalue weighted by atomic mass is 19.1. The second-order valence-corrected chi connectivity index (χ2v) is 5.14. The second-order valence-electron chi connectivity index (χ2n) is 5.14. The van der Waals surface area contributed by atoms with Crippen molar-refractivity contribution >= 4 is 17.5 Å². The first-order chi connectivity index (χ1) is 10.0. The minimum atomic E-state index is -0.579. The smallest absolute Gasteiger partial charge is 0.249 e. The molecule has 1 saturated heterocycles. The first kappa shape index (κ1) is 15.4. The summed E-state index contributed by atoms with van der Waals surface area (Å²) in [7, 11) is 0. The lowest BCUT2D eigenvalue weighted by Gasteiger charge is -2.35. The SMILES string of the molecule is CCCNCc1cccc(F)c1N1CC(=O)NC(=O)C1C. The number of rotatable bonds is 5. The van der Waals surface area contributed by atoms with Crippen LogP contribution in [0.5, 0.6) is 0 Å². The number of amides is 2. The number of carbonyl (C=O) groups is 2. The van der Waals surface area contributed by atoms with Crippen LogP contribution < -0.4 is 15.5 Å². The number of benzene rings is 1. The molecule has 0 radical (unpaired) electrons. The van der Waals surface area contributed by atoms with Crippen molar-refractivity contribution < 1.29 is 14.0 Å². The Morgan fingerprint density at radius 2 is 2.19 bits per heavy atom. The first-order valence-corrected chi connectivity index (χ1v) is 7.13. The minimum Gasteiger partial charge on any atom is -0.348 e. The number of para-hydroxylation sites is 1. The number of halogens is 1. The van der Waals surface area contributed by atoms with Crippen molar-refractivity contribution in [2.24, 2.45) is 0 Å². The lowest BCUT2D eigenvalue weighted by molar-refractivity contribution is -0.132. The highest BCUT2D eigenvalue weighted by Gasteiger charge is 2.32. The number of nitrogens with zero attached hydrogens (tertiary/aromatic N) is 1. The summed E-state index contributed by atoms with van der Waals surface area (Å²) in [5, 5.41) is 5.48. The lowest BCUT2D eigenvalue weighted by atomic mass is 10.1. The summed E-state index contributed by atoms with van der Waals surface area (Å²) in [5.74, 6) is -1.23. The third kappa shape index (κ3) is 3.39. The maximum absolute atomic E-state index is 14.3. The lowest BCUT2D eigenvalue weighted by Crippen LogP contribution is -2.57. The molecule has 1 atom stereocenters. The van der Waals surface area contributed by atoms with Crippen molar-refractivity contribution in [3.05, 3.63) is 29.6 Å². The summed E-state index contributed by atoms with van der Waals surface area (Å²) < 4.78 is 14.3. The molecule has 1 aromatic rings. The summed E-state index contributed by atoms with van der Waals surface area (Å²) in [4.78, 5) is 24.9. The Hall–Kier alpha value is -1.95. The largest absolute Gasteiger partial charge is 0.348 e. The molecule has 1 heterocycles. The van der Waals surface area contributed by atoms with Crippen LogP contribution in [-0.2, 0) is 16.1 Å². The highest BCUT2D eigenvalue weighted by Crippen LogP contribution is 2.27. The van der Waals surface area contributed by atoms with Gasteiger partial charge in [-0.15, -0.1) is 0 Å². The van der Waals surface area contributed by atoms with E-state index in [1.165, 1.54) is 11.0 Å². The van der Waals surface area contributed by atoms with Crippen molar-refractivity contribution in [1.82, 2.24) is 10.6 Å². The standard InChI is InChI=1S/C15H20FN3O2/c1-3-7-17-8-11-5-4-6-12(16)14(11)19-9-13(20)18-15(21)10(19)2/h4-6,10,17H,3,7-9H2,1-2H3,(H,18,20,21). The fourth-order valence-electron chi connectivity index (χ4n) is 2.41. The van der Waals surface area contributed by atoms with Crippen molar-refractivity contribution in [3.63, 3.8) is 0 Å². The number of hydrogen-bond donors (Lipinski definition) is 2. The quantitative estimate of drug-likeness (QED) is 0.632. The van der Waals surface area contributed by atoms with Crippen LogP contribution in [0.25, 0.3) is 0 Å². The molecule has 1 aromatic carbocycles. The first-order valence-electron chi connectivity index (χ1n) is 7.13. The predicted octanol–water partition coefficient (Wildman–Crippen LogP) is 1.18. The van der Waals surface area contributed by atoms with E-state index in [1.807, 2.05) is 6.07 Å². The zero-order valence-electron chi connectivity index (χ0n) is 12.3. The second kappa shape index (κ2) is 6.67. The van der Waals surface area contributed by atoms with Crippen LogP contribution in [0.15, 0.2) is 18.2 Å². The van der Waals surface area contributed by atoms with Gasteiger partial charge in [-0.2, -0.15) is 0 Å². The Balaban J connectivity index is 2.32. The fourth-order valence-corrected chi connectivity index (χ4v) is 2.41. The molecule has 0 aromatic heterocycles. The van der Waals surface area contributed by atoms with Gasteiger partial charge >= 0.3 is 0 Å². The Labute approximate surface area is 123 Å². The molecule has 1 aliphatic rings. The average Bonchev–Trinajstić information content (AvgIpc) is 2.44. The Bertz CT molecular complexity index is 548. The van der Waals surface area contributed by atoms with Crippen LogP contribution >= 0.6 is 0 Å². The van der Waals surface area contributed by atoms with E-state index in [2.05, 4.69) is 17.6 Å². The molecule has 2 amide bonds. The number of carbonyl (C=O) groups excluding carboxylic acids is 2. The van der Waals surface area contributed by atoms with Crippen molar-refractivity contribution in [2.45, 2.75) is 32.9 Å². The topological polar surface area (TPSA) is 61.4 Å².